The molecule has 2 aromatic carbocycles. The van der Waals surface area contributed by atoms with Gasteiger partial charge in [-0.25, -0.2) is 22.2 Å². The fourth-order valence-electron chi connectivity index (χ4n) is 2.63. The Morgan fingerprint density at radius 3 is 2.03 bits per heavy atom. The van der Waals surface area contributed by atoms with Crippen molar-refractivity contribution in [2.45, 2.75) is 11.1 Å². The maximum Gasteiger partial charge on any atom is 0.449 e. The van der Waals surface area contributed by atoms with Gasteiger partial charge in [0.2, 0.25) is 5.82 Å². The van der Waals surface area contributed by atoms with E-state index in [1.54, 1.807) is 0 Å². The minimum absolute atomic E-state index is 0.0306. The Hall–Kier alpha value is -2.17. The van der Waals surface area contributed by atoms with E-state index in [0.717, 1.165) is 0 Å². The van der Waals surface area contributed by atoms with E-state index in [2.05, 4.69) is 9.97 Å². The lowest BCUT2D eigenvalue weighted by Gasteiger charge is -2.08. The number of H-pyrrole nitrogens is 1. The predicted molar refractivity (Wildman–Crippen MR) is 97.5 cm³/mol. The zero-order chi connectivity index (χ0) is 21.7. The second-order valence-electron chi connectivity index (χ2n) is 5.98. The van der Waals surface area contributed by atoms with Crippen molar-refractivity contribution in [3.8, 4) is 22.5 Å². The van der Waals surface area contributed by atoms with E-state index in [-0.39, 0.29) is 21.3 Å². The van der Waals surface area contributed by atoms with Crippen LogP contribution in [0.1, 0.15) is 5.82 Å². The Bertz CT molecular complexity index is 1200. The number of aromatic amines is 1. The van der Waals surface area contributed by atoms with Crippen LogP contribution < -0.4 is 0 Å². The third-order valence-electron chi connectivity index (χ3n) is 3.82. The van der Waals surface area contributed by atoms with E-state index in [0.29, 0.717) is 18.4 Å². The molecule has 0 atom stereocenters. The molecule has 0 unspecified atom stereocenters. The molecular formula is C17H9Cl2F5N2O2S. The first-order valence-corrected chi connectivity index (χ1v) is 10.3. The molecule has 0 bridgehead atoms. The van der Waals surface area contributed by atoms with Crippen molar-refractivity contribution in [1.82, 2.24) is 9.97 Å². The first-order valence-electron chi connectivity index (χ1n) is 7.61. The summed E-state index contributed by atoms with van der Waals surface area (Å²) in [6, 6.07) is 5.10. The van der Waals surface area contributed by atoms with Crippen LogP contribution in [0.5, 0.6) is 0 Å². The highest BCUT2D eigenvalue weighted by atomic mass is 35.5. The minimum atomic E-state index is -4.88. The summed E-state index contributed by atoms with van der Waals surface area (Å²) in [6.07, 6.45) is -4.28. The molecule has 0 saturated heterocycles. The van der Waals surface area contributed by atoms with Gasteiger partial charge in [-0.2, -0.15) is 13.2 Å². The number of nitrogens with one attached hydrogen (secondary N) is 1. The minimum Gasteiger partial charge on any atom is -0.334 e. The molecule has 4 nitrogen and oxygen atoms in total. The molecule has 1 aromatic heterocycles. The van der Waals surface area contributed by atoms with Crippen LogP contribution in [0.3, 0.4) is 0 Å². The van der Waals surface area contributed by atoms with Crippen molar-refractivity contribution < 1.29 is 30.4 Å². The number of hydrogen-bond donors (Lipinski definition) is 1. The fourth-order valence-corrected chi connectivity index (χ4v) is 3.75. The largest absolute Gasteiger partial charge is 0.449 e. The predicted octanol–water partition coefficient (Wildman–Crippen LogP) is 5.75. The van der Waals surface area contributed by atoms with Gasteiger partial charge in [0.15, 0.2) is 9.84 Å². The van der Waals surface area contributed by atoms with Crippen molar-refractivity contribution in [1.29, 1.82) is 0 Å². The quantitative estimate of drug-likeness (QED) is 0.495. The normalized spacial score (nSPS) is 12.4. The van der Waals surface area contributed by atoms with Gasteiger partial charge in [0, 0.05) is 17.4 Å². The molecule has 1 heterocycles. The van der Waals surface area contributed by atoms with Crippen molar-refractivity contribution in [3.05, 3.63) is 57.8 Å². The number of rotatable bonds is 3. The highest BCUT2D eigenvalue weighted by molar-refractivity contribution is 7.90. The van der Waals surface area contributed by atoms with Gasteiger partial charge in [-0.15, -0.1) is 0 Å². The van der Waals surface area contributed by atoms with Crippen LogP contribution in [-0.4, -0.2) is 24.6 Å². The average Bonchev–Trinajstić information content (AvgIpc) is 3.01. The number of benzene rings is 2. The highest BCUT2D eigenvalue weighted by Gasteiger charge is 2.36. The standard InChI is InChI=1S/C17H9Cl2F5N2O2S/c1-29(27,28)15-11(20)5-8(6-12(15)21)14-13(25-16(26-14)17(22,23)24)7-2-3-9(18)10(19)4-7/h2-6H,1H3,(H,25,26). The number of hydrogen-bond acceptors (Lipinski definition) is 3. The molecule has 0 spiro atoms. The van der Waals surface area contributed by atoms with Crippen LogP contribution in [0.4, 0.5) is 22.0 Å². The van der Waals surface area contributed by atoms with Crippen molar-refractivity contribution in [2.75, 3.05) is 6.26 Å². The van der Waals surface area contributed by atoms with E-state index in [1.807, 2.05) is 0 Å². The molecule has 0 fully saturated rings. The second-order valence-corrected chi connectivity index (χ2v) is 8.74. The van der Waals surface area contributed by atoms with Gasteiger partial charge in [-0.05, 0) is 24.3 Å². The number of imidazole rings is 1. The number of alkyl halides is 3. The number of aromatic nitrogens is 2. The number of halogens is 7. The van der Waals surface area contributed by atoms with Crippen LogP contribution in [-0.2, 0) is 16.0 Å². The molecular weight excluding hydrogens is 462 g/mol. The van der Waals surface area contributed by atoms with E-state index < -0.39 is 49.6 Å². The first-order chi connectivity index (χ1) is 13.3. The fraction of sp³-hybridized carbons (Fsp3) is 0.118. The van der Waals surface area contributed by atoms with E-state index in [9.17, 15) is 30.4 Å². The average molecular weight is 471 g/mol. The summed E-state index contributed by atoms with van der Waals surface area (Å²) in [5, 5.41) is 0.171. The molecule has 29 heavy (non-hydrogen) atoms. The zero-order valence-electron chi connectivity index (χ0n) is 14.2. The number of nitrogens with zero attached hydrogens (tertiary/aromatic N) is 1. The Kier molecular flexibility index (Phi) is 5.39. The third kappa shape index (κ3) is 4.24. The molecule has 0 aliphatic rings. The van der Waals surface area contributed by atoms with Crippen LogP contribution in [0.15, 0.2) is 35.2 Å². The van der Waals surface area contributed by atoms with Gasteiger partial charge in [0.1, 0.15) is 16.5 Å². The summed E-state index contributed by atoms with van der Waals surface area (Å²) < 4.78 is 91.1. The lowest BCUT2D eigenvalue weighted by Crippen LogP contribution is -2.07. The van der Waals surface area contributed by atoms with Crippen LogP contribution >= 0.6 is 23.2 Å². The van der Waals surface area contributed by atoms with Crippen LogP contribution in [0.25, 0.3) is 22.5 Å². The van der Waals surface area contributed by atoms with Gasteiger partial charge < -0.3 is 4.98 Å². The molecule has 0 amide bonds. The molecule has 0 radical (unpaired) electrons. The summed E-state index contributed by atoms with van der Waals surface area (Å²) in [5.41, 5.74) is -0.971. The Labute approximate surface area is 171 Å². The van der Waals surface area contributed by atoms with Gasteiger partial charge in [-0.1, -0.05) is 29.3 Å². The first kappa shape index (κ1) is 21.5. The van der Waals surface area contributed by atoms with Gasteiger partial charge in [-0.3, -0.25) is 0 Å². The van der Waals surface area contributed by atoms with Gasteiger partial charge in [0.25, 0.3) is 0 Å². The van der Waals surface area contributed by atoms with Crippen molar-refractivity contribution in [2.24, 2.45) is 0 Å². The molecule has 0 saturated carbocycles. The van der Waals surface area contributed by atoms with Crippen LogP contribution in [0.2, 0.25) is 10.0 Å². The maximum absolute atomic E-state index is 14.3. The van der Waals surface area contributed by atoms with Crippen molar-refractivity contribution >= 4 is 33.0 Å². The zero-order valence-corrected chi connectivity index (χ0v) is 16.5. The molecule has 1 N–H and O–H groups in total. The highest BCUT2D eigenvalue weighted by Crippen LogP contribution is 2.38. The monoisotopic (exact) mass is 470 g/mol. The Morgan fingerprint density at radius 2 is 1.55 bits per heavy atom. The topological polar surface area (TPSA) is 62.8 Å². The molecule has 3 aromatic rings. The molecule has 0 aliphatic heterocycles. The lowest BCUT2D eigenvalue weighted by atomic mass is 10.0. The summed E-state index contributed by atoms with van der Waals surface area (Å²) in [6.45, 7) is 0. The Balaban J connectivity index is 2.29. The summed E-state index contributed by atoms with van der Waals surface area (Å²) in [5.74, 6) is -4.33. The van der Waals surface area contributed by atoms with Crippen molar-refractivity contribution in [3.63, 3.8) is 0 Å². The Morgan fingerprint density at radius 1 is 0.966 bits per heavy atom. The number of sulfone groups is 1. The molecule has 0 aliphatic carbocycles. The SMILES string of the molecule is CS(=O)(=O)c1c(F)cc(-c2nc(C(F)(F)F)[nH]c2-c2ccc(Cl)c(Cl)c2)cc1F. The second kappa shape index (κ2) is 7.26. The summed E-state index contributed by atoms with van der Waals surface area (Å²) in [7, 11) is -4.24. The van der Waals surface area contributed by atoms with Gasteiger partial charge >= 0.3 is 6.18 Å². The van der Waals surface area contributed by atoms with Crippen LogP contribution in [0, 0.1) is 11.6 Å². The molecule has 154 valence electrons. The van der Waals surface area contributed by atoms with Gasteiger partial charge in [0.05, 0.1) is 21.4 Å². The molecule has 12 heteroatoms. The van der Waals surface area contributed by atoms with E-state index in [1.165, 1.54) is 18.2 Å². The van der Waals surface area contributed by atoms with E-state index >= 15 is 0 Å². The smallest absolute Gasteiger partial charge is 0.334 e. The lowest BCUT2D eigenvalue weighted by molar-refractivity contribution is -0.144. The maximum atomic E-state index is 14.3. The van der Waals surface area contributed by atoms with E-state index in [4.69, 9.17) is 23.2 Å². The molecule has 3 rings (SSSR count). The summed E-state index contributed by atoms with van der Waals surface area (Å²) in [4.78, 5) is 4.29. The summed E-state index contributed by atoms with van der Waals surface area (Å²) >= 11 is 11.7. The third-order valence-corrected chi connectivity index (χ3v) is 5.69.